The minimum absolute atomic E-state index is 0.0221. The van der Waals surface area contributed by atoms with Crippen LogP contribution in [0.4, 0.5) is 0 Å². The van der Waals surface area contributed by atoms with Gasteiger partial charge in [0, 0.05) is 31.3 Å². The molecule has 1 fully saturated rings. The largest absolute Gasteiger partial charge is 0.381 e. The molecule has 4 heteroatoms. The van der Waals surface area contributed by atoms with Gasteiger partial charge in [-0.15, -0.1) is 0 Å². The Kier molecular flexibility index (Phi) is 5.64. The van der Waals surface area contributed by atoms with E-state index in [1.54, 1.807) is 7.11 Å². The molecule has 2 rings (SSSR count). The van der Waals surface area contributed by atoms with E-state index >= 15 is 0 Å². The molecule has 0 aliphatic carbocycles. The number of hydrogen-bond acceptors (Lipinski definition) is 3. The van der Waals surface area contributed by atoms with Crippen molar-refractivity contribution in [1.29, 1.82) is 0 Å². The van der Waals surface area contributed by atoms with Gasteiger partial charge in [-0.3, -0.25) is 0 Å². The second-order valence-corrected chi connectivity index (χ2v) is 5.60. The molecule has 1 aliphatic rings. The second-order valence-electron chi connectivity index (χ2n) is 5.19. The van der Waals surface area contributed by atoms with Gasteiger partial charge < -0.3 is 15.4 Å². The van der Waals surface area contributed by atoms with Crippen molar-refractivity contribution in [2.45, 2.75) is 31.4 Å². The monoisotopic (exact) mass is 282 g/mol. The Balaban J connectivity index is 1.78. The summed E-state index contributed by atoms with van der Waals surface area (Å²) in [4.78, 5) is 2.46. The third-order valence-corrected chi connectivity index (χ3v) is 4.27. The van der Waals surface area contributed by atoms with E-state index in [9.17, 15) is 0 Å². The summed E-state index contributed by atoms with van der Waals surface area (Å²) in [5, 5.41) is 0.771. The van der Waals surface area contributed by atoms with Gasteiger partial charge in [-0.05, 0) is 37.4 Å². The van der Waals surface area contributed by atoms with Crippen LogP contribution in [0.5, 0.6) is 0 Å². The topological polar surface area (TPSA) is 38.5 Å². The van der Waals surface area contributed by atoms with Gasteiger partial charge in [0.2, 0.25) is 0 Å². The predicted octanol–water partition coefficient (Wildman–Crippen LogP) is 2.84. The normalized spacial score (nSPS) is 19.5. The Hall–Kier alpha value is -0.610. The van der Waals surface area contributed by atoms with E-state index in [1.807, 2.05) is 24.3 Å². The van der Waals surface area contributed by atoms with Gasteiger partial charge in [0.1, 0.15) is 0 Å². The lowest BCUT2D eigenvalue weighted by molar-refractivity contribution is 0.0404. The number of hydrogen-bond donors (Lipinski definition) is 1. The van der Waals surface area contributed by atoms with Crippen molar-refractivity contribution in [3.63, 3.8) is 0 Å². The minimum Gasteiger partial charge on any atom is -0.381 e. The molecule has 2 N–H and O–H groups in total. The molecule has 1 heterocycles. The number of benzene rings is 1. The molecule has 0 saturated carbocycles. The van der Waals surface area contributed by atoms with E-state index in [-0.39, 0.29) is 6.04 Å². The lowest BCUT2D eigenvalue weighted by atomic mass is 10.0. The molecular weight excluding hydrogens is 260 g/mol. The number of nitrogens with zero attached hydrogens (tertiary/aromatic N) is 1. The molecule has 0 amide bonds. The number of methoxy groups -OCH3 is 1. The van der Waals surface area contributed by atoms with Crippen LogP contribution in [0, 0.1) is 0 Å². The van der Waals surface area contributed by atoms with E-state index in [0.717, 1.165) is 49.5 Å². The Morgan fingerprint density at radius 3 is 2.68 bits per heavy atom. The highest BCUT2D eigenvalue weighted by Crippen LogP contribution is 2.23. The molecule has 106 valence electrons. The van der Waals surface area contributed by atoms with Crippen molar-refractivity contribution in [2.24, 2.45) is 5.73 Å². The maximum atomic E-state index is 6.23. The molecule has 0 bridgehead atoms. The molecule has 1 atom stereocenters. The van der Waals surface area contributed by atoms with Crippen molar-refractivity contribution in [3.05, 3.63) is 34.9 Å². The van der Waals surface area contributed by atoms with Gasteiger partial charge >= 0.3 is 0 Å². The van der Waals surface area contributed by atoms with Gasteiger partial charge in [0.15, 0.2) is 0 Å². The molecule has 19 heavy (non-hydrogen) atoms. The van der Waals surface area contributed by atoms with Gasteiger partial charge in [-0.25, -0.2) is 0 Å². The smallest absolute Gasteiger partial charge is 0.0595 e. The Bertz CT molecular complexity index is 391. The van der Waals surface area contributed by atoms with Crippen LogP contribution in [0.1, 0.15) is 30.9 Å². The van der Waals surface area contributed by atoms with Gasteiger partial charge in [0.05, 0.1) is 6.10 Å². The Labute approximate surface area is 120 Å². The van der Waals surface area contributed by atoms with Crippen LogP contribution in [-0.2, 0) is 4.74 Å². The number of halogens is 1. The molecule has 1 unspecified atom stereocenters. The lowest BCUT2D eigenvalue weighted by Gasteiger charge is -2.31. The predicted molar refractivity (Wildman–Crippen MR) is 79.5 cm³/mol. The molecule has 1 aromatic carbocycles. The standard InChI is InChI=1S/C15H23ClN2O/c1-19-12-6-9-18(10-7-12)11-8-15(17)13-4-2-3-5-14(13)16/h2-5,12,15H,6-11,17H2,1H3. The fourth-order valence-electron chi connectivity index (χ4n) is 2.62. The summed E-state index contributed by atoms with van der Waals surface area (Å²) < 4.78 is 5.38. The highest BCUT2D eigenvalue weighted by molar-refractivity contribution is 6.31. The summed E-state index contributed by atoms with van der Waals surface area (Å²) in [7, 11) is 1.80. The van der Waals surface area contributed by atoms with Crippen LogP contribution >= 0.6 is 11.6 Å². The fraction of sp³-hybridized carbons (Fsp3) is 0.600. The van der Waals surface area contributed by atoms with Gasteiger partial charge in [-0.1, -0.05) is 29.8 Å². The van der Waals surface area contributed by atoms with E-state index in [1.165, 1.54) is 0 Å². The average molecular weight is 283 g/mol. The molecule has 3 nitrogen and oxygen atoms in total. The first-order valence-electron chi connectivity index (χ1n) is 6.96. The molecule has 1 aliphatic heterocycles. The van der Waals surface area contributed by atoms with Crippen LogP contribution in [0.15, 0.2) is 24.3 Å². The van der Waals surface area contributed by atoms with Crippen molar-refractivity contribution in [3.8, 4) is 0 Å². The number of piperidine rings is 1. The minimum atomic E-state index is 0.0221. The fourth-order valence-corrected chi connectivity index (χ4v) is 2.90. The zero-order chi connectivity index (χ0) is 13.7. The summed E-state index contributed by atoms with van der Waals surface area (Å²) in [6.45, 7) is 3.24. The van der Waals surface area contributed by atoms with E-state index < -0.39 is 0 Å². The Morgan fingerprint density at radius 1 is 1.37 bits per heavy atom. The average Bonchev–Trinajstić information content (AvgIpc) is 2.46. The SMILES string of the molecule is COC1CCN(CCC(N)c2ccccc2Cl)CC1. The Morgan fingerprint density at radius 2 is 2.05 bits per heavy atom. The molecular formula is C15H23ClN2O. The number of nitrogens with two attached hydrogens (primary N) is 1. The second kappa shape index (κ2) is 7.25. The summed E-state index contributed by atoms with van der Waals surface area (Å²) in [6, 6.07) is 7.87. The van der Waals surface area contributed by atoms with Crippen LogP contribution in [0.25, 0.3) is 0 Å². The first-order chi connectivity index (χ1) is 9.20. The maximum absolute atomic E-state index is 6.23. The van der Waals surface area contributed by atoms with Crippen LogP contribution < -0.4 is 5.73 Å². The quantitative estimate of drug-likeness (QED) is 0.902. The van der Waals surface area contributed by atoms with Crippen molar-refractivity contribution in [1.82, 2.24) is 4.90 Å². The summed E-state index contributed by atoms with van der Waals surface area (Å²) >= 11 is 6.17. The zero-order valence-corrected chi connectivity index (χ0v) is 12.3. The molecule has 0 spiro atoms. The summed E-state index contributed by atoms with van der Waals surface area (Å²) in [5.41, 5.74) is 7.28. The van der Waals surface area contributed by atoms with Gasteiger partial charge in [0.25, 0.3) is 0 Å². The first-order valence-corrected chi connectivity index (χ1v) is 7.33. The molecule has 1 saturated heterocycles. The first kappa shape index (κ1) is 14.8. The van der Waals surface area contributed by atoms with Gasteiger partial charge in [-0.2, -0.15) is 0 Å². The highest BCUT2D eigenvalue weighted by Gasteiger charge is 2.19. The van der Waals surface area contributed by atoms with E-state index in [4.69, 9.17) is 22.1 Å². The number of rotatable bonds is 5. The lowest BCUT2D eigenvalue weighted by Crippen LogP contribution is -2.38. The van der Waals surface area contributed by atoms with Crippen molar-refractivity contribution >= 4 is 11.6 Å². The molecule has 1 aromatic rings. The van der Waals surface area contributed by atoms with E-state index in [2.05, 4.69) is 4.90 Å². The summed E-state index contributed by atoms with van der Waals surface area (Å²) in [5.74, 6) is 0. The van der Waals surface area contributed by atoms with Crippen molar-refractivity contribution in [2.75, 3.05) is 26.7 Å². The van der Waals surface area contributed by atoms with Crippen LogP contribution in [0.3, 0.4) is 0 Å². The number of likely N-dealkylation sites (tertiary alicyclic amines) is 1. The molecule has 0 aromatic heterocycles. The van der Waals surface area contributed by atoms with Crippen LogP contribution in [-0.4, -0.2) is 37.7 Å². The third kappa shape index (κ3) is 4.18. The zero-order valence-electron chi connectivity index (χ0n) is 11.5. The highest BCUT2D eigenvalue weighted by atomic mass is 35.5. The summed E-state index contributed by atoms with van der Waals surface area (Å²) in [6.07, 6.45) is 3.63. The van der Waals surface area contributed by atoms with Crippen molar-refractivity contribution < 1.29 is 4.74 Å². The third-order valence-electron chi connectivity index (χ3n) is 3.93. The van der Waals surface area contributed by atoms with E-state index in [0.29, 0.717) is 6.10 Å². The number of ether oxygens (including phenoxy) is 1. The molecule has 0 radical (unpaired) electrons. The van der Waals surface area contributed by atoms with Crippen LogP contribution in [0.2, 0.25) is 5.02 Å². The maximum Gasteiger partial charge on any atom is 0.0595 e.